The summed E-state index contributed by atoms with van der Waals surface area (Å²) >= 11 is 0. The van der Waals surface area contributed by atoms with Gasteiger partial charge < -0.3 is 9.52 Å². The van der Waals surface area contributed by atoms with E-state index in [9.17, 15) is 9.18 Å². The second kappa shape index (κ2) is 3.53. The van der Waals surface area contributed by atoms with E-state index in [2.05, 4.69) is 4.98 Å². The van der Waals surface area contributed by atoms with Crippen LogP contribution in [0.5, 0.6) is 0 Å². The number of oxazole rings is 1. The predicted octanol–water partition coefficient (Wildman–Crippen LogP) is 2.18. The summed E-state index contributed by atoms with van der Waals surface area (Å²) in [6.45, 7) is 0. The minimum absolute atomic E-state index is 0.0897. The van der Waals surface area contributed by atoms with E-state index < -0.39 is 17.3 Å². The van der Waals surface area contributed by atoms with Crippen molar-refractivity contribution in [3.05, 3.63) is 42.0 Å². The van der Waals surface area contributed by atoms with Gasteiger partial charge in [-0.05, 0) is 12.1 Å². The van der Waals surface area contributed by atoms with Crippen molar-refractivity contribution in [1.29, 1.82) is 0 Å². The third-order valence-corrected chi connectivity index (χ3v) is 1.89. The van der Waals surface area contributed by atoms with E-state index >= 15 is 0 Å². The molecule has 1 aromatic heterocycles. The summed E-state index contributed by atoms with van der Waals surface area (Å²) in [4.78, 5) is 14.6. The first-order chi connectivity index (χ1) is 7.20. The molecule has 2 aromatic rings. The molecule has 0 spiro atoms. The van der Waals surface area contributed by atoms with Crippen molar-refractivity contribution in [1.82, 2.24) is 4.98 Å². The highest BCUT2D eigenvalue weighted by molar-refractivity contribution is 5.95. The molecule has 0 aliphatic carbocycles. The van der Waals surface area contributed by atoms with Gasteiger partial charge in [0.15, 0.2) is 0 Å². The molecule has 0 amide bonds. The van der Waals surface area contributed by atoms with Crippen molar-refractivity contribution < 1.29 is 18.7 Å². The van der Waals surface area contributed by atoms with Crippen molar-refractivity contribution >= 4 is 5.97 Å². The van der Waals surface area contributed by atoms with Crippen LogP contribution in [0.3, 0.4) is 0 Å². The predicted molar refractivity (Wildman–Crippen MR) is 48.9 cm³/mol. The van der Waals surface area contributed by atoms with Gasteiger partial charge in [0.05, 0.1) is 11.8 Å². The first-order valence-corrected chi connectivity index (χ1v) is 4.12. The lowest BCUT2D eigenvalue weighted by atomic mass is 10.1. The van der Waals surface area contributed by atoms with Crippen LogP contribution in [0.2, 0.25) is 0 Å². The average molecular weight is 207 g/mol. The first-order valence-electron chi connectivity index (χ1n) is 4.12. The number of carboxylic acids is 1. The Balaban J connectivity index is 2.66. The fraction of sp³-hybridized carbons (Fsp3) is 0. The number of carboxylic acid groups (broad SMARTS) is 1. The quantitative estimate of drug-likeness (QED) is 0.819. The number of benzene rings is 1. The van der Waals surface area contributed by atoms with Gasteiger partial charge >= 0.3 is 5.97 Å². The van der Waals surface area contributed by atoms with E-state index in [-0.39, 0.29) is 11.5 Å². The van der Waals surface area contributed by atoms with Gasteiger partial charge in [0, 0.05) is 0 Å². The number of aromatic nitrogens is 1. The highest BCUT2D eigenvalue weighted by Crippen LogP contribution is 2.24. The van der Waals surface area contributed by atoms with Crippen LogP contribution < -0.4 is 0 Å². The molecule has 5 heteroatoms. The third kappa shape index (κ3) is 1.59. The molecule has 4 nitrogen and oxygen atoms in total. The number of aromatic carboxylic acids is 1. The monoisotopic (exact) mass is 207 g/mol. The number of halogens is 1. The van der Waals surface area contributed by atoms with Gasteiger partial charge in [-0.2, -0.15) is 0 Å². The number of nitrogens with zero attached hydrogens (tertiary/aromatic N) is 1. The van der Waals surface area contributed by atoms with E-state index in [1.165, 1.54) is 24.6 Å². The maximum absolute atomic E-state index is 13.2. The zero-order valence-corrected chi connectivity index (χ0v) is 7.48. The summed E-state index contributed by atoms with van der Waals surface area (Å²) in [5, 5.41) is 8.84. The largest absolute Gasteiger partial charge is 0.478 e. The molecule has 0 saturated carbocycles. The van der Waals surface area contributed by atoms with Crippen molar-refractivity contribution in [2.24, 2.45) is 0 Å². The normalized spacial score (nSPS) is 10.2. The SMILES string of the molecule is O=C(O)c1c(F)cccc1-c1ncco1. The van der Waals surface area contributed by atoms with Gasteiger partial charge in [0.1, 0.15) is 17.6 Å². The maximum Gasteiger partial charge on any atom is 0.339 e. The van der Waals surface area contributed by atoms with E-state index in [1.807, 2.05) is 0 Å². The van der Waals surface area contributed by atoms with Crippen molar-refractivity contribution in [3.63, 3.8) is 0 Å². The standard InChI is InChI=1S/C10H6FNO3/c11-7-3-1-2-6(8(7)10(13)14)9-12-4-5-15-9/h1-5H,(H,13,14). The molecular weight excluding hydrogens is 201 g/mol. The molecule has 1 heterocycles. The zero-order valence-electron chi connectivity index (χ0n) is 7.48. The van der Waals surface area contributed by atoms with E-state index in [0.717, 1.165) is 6.07 Å². The van der Waals surface area contributed by atoms with Gasteiger partial charge in [-0.1, -0.05) is 6.07 Å². The summed E-state index contributed by atoms with van der Waals surface area (Å²) in [6.07, 6.45) is 2.66. The lowest BCUT2D eigenvalue weighted by molar-refractivity contribution is 0.0692. The Bertz CT molecular complexity index is 493. The minimum atomic E-state index is -1.35. The van der Waals surface area contributed by atoms with Crippen molar-refractivity contribution in [2.45, 2.75) is 0 Å². The maximum atomic E-state index is 13.2. The van der Waals surface area contributed by atoms with Crippen LogP contribution >= 0.6 is 0 Å². The highest BCUT2D eigenvalue weighted by atomic mass is 19.1. The second-order valence-corrected chi connectivity index (χ2v) is 2.80. The van der Waals surface area contributed by atoms with Crippen LogP contribution in [-0.2, 0) is 0 Å². The number of rotatable bonds is 2. The summed E-state index contributed by atoms with van der Waals surface area (Å²) in [5.74, 6) is -2.06. The molecule has 0 radical (unpaired) electrons. The number of carbonyl (C=O) groups is 1. The molecule has 0 saturated heterocycles. The van der Waals surface area contributed by atoms with Gasteiger partial charge in [0.25, 0.3) is 0 Å². The molecule has 0 fully saturated rings. The fourth-order valence-corrected chi connectivity index (χ4v) is 1.28. The smallest absolute Gasteiger partial charge is 0.339 e. The van der Waals surface area contributed by atoms with Crippen LogP contribution in [0.1, 0.15) is 10.4 Å². The third-order valence-electron chi connectivity index (χ3n) is 1.89. The topological polar surface area (TPSA) is 63.3 Å². The van der Waals surface area contributed by atoms with Crippen LogP contribution in [0, 0.1) is 5.82 Å². The number of hydrogen-bond acceptors (Lipinski definition) is 3. The van der Waals surface area contributed by atoms with E-state index in [0.29, 0.717) is 0 Å². The second-order valence-electron chi connectivity index (χ2n) is 2.80. The molecular formula is C10H6FNO3. The van der Waals surface area contributed by atoms with E-state index in [1.54, 1.807) is 0 Å². The van der Waals surface area contributed by atoms with E-state index in [4.69, 9.17) is 9.52 Å². The Morgan fingerprint density at radius 2 is 2.27 bits per heavy atom. The summed E-state index contributed by atoms with van der Waals surface area (Å²) in [7, 11) is 0. The molecule has 0 unspecified atom stereocenters. The Hall–Kier alpha value is -2.17. The van der Waals surface area contributed by atoms with Crippen LogP contribution in [0.4, 0.5) is 4.39 Å². The summed E-state index contributed by atoms with van der Waals surface area (Å²) in [6, 6.07) is 3.93. The Morgan fingerprint density at radius 1 is 1.47 bits per heavy atom. The van der Waals surface area contributed by atoms with Crippen molar-refractivity contribution in [2.75, 3.05) is 0 Å². The van der Waals surface area contributed by atoms with Gasteiger partial charge in [-0.15, -0.1) is 0 Å². The molecule has 15 heavy (non-hydrogen) atoms. The zero-order chi connectivity index (χ0) is 10.8. The highest BCUT2D eigenvalue weighted by Gasteiger charge is 2.18. The number of hydrogen-bond donors (Lipinski definition) is 1. The minimum Gasteiger partial charge on any atom is -0.478 e. The Kier molecular flexibility index (Phi) is 2.21. The molecule has 1 N–H and O–H groups in total. The Morgan fingerprint density at radius 3 is 2.87 bits per heavy atom. The molecule has 0 aliphatic rings. The lowest BCUT2D eigenvalue weighted by Crippen LogP contribution is -2.03. The van der Waals surface area contributed by atoms with Gasteiger partial charge in [-0.25, -0.2) is 14.2 Å². The summed E-state index contributed by atoms with van der Waals surface area (Å²) < 4.78 is 18.2. The van der Waals surface area contributed by atoms with Gasteiger partial charge in [-0.3, -0.25) is 0 Å². The van der Waals surface area contributed by atoms with Crippen LogP contribution in [0.25, 0.3) is 11.5 Å². The Labute approximate surface area is 84.0 Å². The molecule has 76 valence electrons. The molecule has 0 aliphatic heterocycles. The molecule has 2 rings (SSSR count). The molecule has 0 bridgehead atoms. The lowest BCUT2D eigenvalue weighted by Gasteiger charge is -2.02. The fourth-order valence-electron chi connectivity index (χ4n) is 1.28. The average Bonchev–Trinajstić information content (AvgIpc) is 2.69. The molecule has 0 atom stereocenters. The van der Waals surface area contributed by atoms with Crippen molar-refractivity contribution in [3.8, 4) is 11.5 Å². The molecule has 1 aromatic carbocycles. The van der Waals surface area contributed by atoms with Gasteiger partial charge in [0.2, 0.25) is 5.89 Å². The first kappa shape index (κ1) is 9.39. The van der Waals surface area contributed by atoms with Crippen LogP contribution in [0.15, 0.2) is 35.1 Å². The van der Waals surface area contributed by atoms with Crippen LogP contribution in [-0.4, -0.2) is 16.1 Å². The summed E-state index contributed by atoms with van der Waals surface area (Å²) in [5.41, 5.74) is -0.299.